The lowest BCUT2D eigenvalue weighted by Gasteiger charge is -2.14. The minimum atomic E-state index is -2.98. The van der Waals surface area contributed by atoms with E-state index in [9.17, 15) is 8.42 Å². The van der Waals surface area contributed by atoms with Crippen molar-refractivity contribution in [2.24, 2.45) is 0 Å². The molecule has 1 saturated heterocycles. The lowest BCUT2D eigenvalue weighted by atomic mass is 10.3. The van der Waals surface area contributed by atoms with Crippen molar-refractivity contribution in [3.05, 3.63) is 0 Å². The molecular formula is C10H21NO3S. The van der Waals surface area contributed by atoms with E-state index in [0.29, 0.717) is 19.6 Å². The molecule has 1 heterocycles. The Hall–Kier alpha value is -0.130. The van der Waals surface area contributed by atoms with Crippen LogP contribution in [-0.2, 0) is 14.6 Å². The molecule has 1 fully saturated rings. The van der Waals surface area contributed by atoms with E-state index in [4.69, 9.17) is 4.74 Å². The van der Waals surface area contributed by atoms with Gasteiger partial charge in [0, 0.05) is 13.2 Å². The highest BCUT2D eigenvalue weighted by atomic mass is 32.2. The van der Waals surface area contributed by atoms with Gasteiger partial charge in [0.2, 0.25) is 0 Å². The highest BCUT2D eigenvalue weighted by Gasteiger charge is 2.34. The number of sulfone groups is 1. The summed E-state index contributed by atoms with van der Waals surface area (Å²) in [6, 6.07) is 0. The summed E-state index contributed by atoms with van der Waals surface area (Å²) in [7, 11) is -2.98. The summed E-state index contributed by atoms with van der Waals surface area (Å²) in [6.07, 6.45) is 1.54. The first kappa shape index (κ1) is 12.9. The summed E-state index contributed by atoms with van der Waals surface area (Å²) in [5.41, 5.74) is 0. The van der Waals surface area contributed by atoms with E-state index in [2.05, 4.69) is 12.2 Å². The zero-order valence-electron chi connectivity index (χ0n) is 9.53. The monoisotopic (exact) mass is 235 g/mol. The Balaban J connectivity index is 2.37. The van der Waals surface area contributed by atoms with Crippen LogP contribution in [0.5, 0.6) is 0 Å². The molecule has 1 N–H and O–H groups in total. The molecule has 0 spiro atoms. The van der Waals surface area contributed by atoms with Gasteiger partial charge in [-0.05, 0) is 26.3 Å². The molecule has 0 aliphatic carbocycles. The van der Waals surface area contributed by atoms with Gasteiger partial charge in [-0.3, -0.25) is 0 Å². The van der Waals surface area contributed by atoms with Gasteiger partial charge in [-0.15, -0.1) is 0 Å². The van der Waals surface area contributed by atoms with E-state index >= 15 is 0 Å². The number of hydrogen-bond donors (Lipinski definition) is 1. The van der Waals surface area contributed by atoms with Crippen LogP contribution < -0.4 is 5.32 Å². The van der Waals surface area contributed by atoms with Crippen molar-refractivity contribution < 1.29 is 13.2 Å². The van der Waals surface area contributed by atoms with Crippen molar-refractivity contribution in [1.82, 2.24) is 5.32 Å². The molecule has 4 nitrogen and oxygen atoms in total. The van der Waals surface area contributed by atoms with E-state index in [1.807, 2.05) is 6.92 Å². The third-order valence-corrected chi connectivity index (χ3v) is 5.07. The topological polar surface area (TPSA) is 55.4 Å². The van der Waals surface area contributed by atoms with Crippen LogP contribution in [0.3, 0.4) is 0 Å². The smallest absolute Gasteiger partial charge is 0.157 e. The molecule has 5 heteroatoms. The minimum Gasteiger partial charge on any atom is -0.377 e. The number of hydrogen-bond acceptors (Lipinski definition) is 4. The molecule has 2 atom stereocenters. The molecule has 0 amide bonds. The number of nitrogens with one attached hydrogen (secondary N) is 1. The van der Waals surface area contributed by atoms with Crippen LogP contribution in [0.25, 0.3) is 0 Å². The Labute approximate surface area is 92.3 Å². The summed E-state index contributed by atoms with van der Waals surface area (Å²) in [5.74, 6) is 0.228. The quantitative estimate of drug-likeness (QED) is 0.684. The van der Waals surface area contributed by atoms with Crippen molar-refractivity contribution in [3.8, 4) is 0 Å². The third kappa shape index (κ3) is 3.74. The van der Waals surface area contributed by atoms with Crippen LogP contribution in [0.4, 0.5) is 0 Å². The maximum absolute atomic E-state index is 11.9. The van der Waals surface area contributed by atoms with Crippen LogP contribution in [-0.4, -0.2) is 45.2 Å². The predicted molar refractivity (Wildman–Crippen MR) is 60.8 cm³/mol. The Morgan fingerprint density at radius 3 is 2.67 bits per heavy atom. The van der Waals surface area contributed by atoms with E-state index in [-0.39, 0.29) is 17.1 Å². The first-order valence-electron chi connectivity index (χ1n) is 5.62. The molecular weight excluding hydrogens is 214 g/mol. The van der Waals surface area contributed by atoms with Gasteiger partial charge in [0.05, 0.1) is 17.1 Å². The fourth-order valence-corrected chi connectivity index (χ4v) is 3.70. The fraction of sp³-hybridized carbons (Fsp3) is 1.00. The van der Waals surface area contributed by atoms with Crippen LogP contribution in [0.15, 0.2) is 0 Å². The molecule has 0 radical (unpaired) electrons. The molecule has 0 bridgehead atoms. The second-order valence-electron chi connectivity index (χ2n) is 4.02. The fourth-order valence-electron chi connectivity index (χ4n) is 1.85. The van der Waals surface area contributed by atoms with Gasteiger partial charge < -0.3 is 10.1 Å². The molecule has 1 aliphatic heterocycles. The standard InChI is InChI=1S/C10H21NO3S/c1-3-5-11-6-8-15(12,13)10-4-7-14-9(10)2/h9-11H,3-8H2,1-2H3. The van der Waals surface area contributed by atoms with Gasteiger partial charge >= 0.3 is 0 Å². The van der Waals surface area contributed by atoms with Crippen LogP contribution in [0.1, 0.15) is 26.7 Å². The first-order chi connectivity index (χ1) is 7.08. The Morgan fingerprint density at radius 1 is 1.40 bits per heavy atom. The van der Waals surface area contributed by atoms with Crippen LogP contribution >= 0.6 is 0 Å². The molecule has 2 unspecified atom stereocenters. The number of ether oxygens (including phenoxy) is 1. The first-order valence-corrected chi connectivity index (χ1v) is 7.33. The maximum Gasteiger partial charge on any atom is 0.157 e. The molecule has 90 valence electrons. The van der Waals surface area contributed by atoms with Crippen molar-refractivity contribution in [2.45, 2.75) is 38.0 Å². The average molecular weight is 235 g/mol. The molecule has 1 aliphatic rings. The SMILES string of the molecule is CCCNCCS(=O)(=O)C1CCOC1C. The van der Waals surface area contributed by atoms with E-state index in [0.717, 1.165) is 13.0 Å². The molecule has 0 aromatic carbocycles. The average Bonchev–Trinajstić information content (AvgIpc) is 2.60. The Bertz CT molecular complexity index is 276. The maximum atomic E-state index is 11.9. The molecule has 0 aromatic heterocycles. The summed E-state index contributed by atoms with van der Waals surface area (Å²) in [5, 5.41) is 2.82. The third-order valence-electron chi connectivity index (χ3n) is 2.76. The second-order valence-corrected chi connectivity index (χ2v) is 6.36. The van der Waals surface area contributed by atoms with Gasteiger partial charge in [0.25, 0.3) is 0 Å². The summed E-state index contributed by atoms with van der Waals surface area (Å²) in [4.78, 5) is 0. The molecule has 1 rings (SSSR count). The zero-order chi connectivity index (χ0) is 11.3. The summed E-state index contributed by atoms with van der Waals surface area (Å²) in [6.45, 7) is 5.92. The molecule has 15 heavy (non-hydrogen) atoms. The van der Waals surface area contributed by atoms with Gasteiger partial charge in [0.15, 0.2) is 9.84 Å². The summed E-state index contributed by atoms with van der Waals surface area (Å²) < 4.78 is 29.1. The largest absolute Gasteiger partial charge is 0.377 e. The van der Waals surface area contributed by atoms with E-state index in [1.165, 1.54) is 0 Å². The van der Waals surface area contributed by atoms with Gasteiger partial charge in [-0.25, -0.2) is 8.42 Å². The van der Waals surface area contributed by atoms with E-state index in [1.54, 1.807) is 0 Å². The molecule has 0 saturated carbocycles. The Morgan fingerprint density at radius 2 is 2.13 bits per heavy atom. The lowest BCUT2D eigenvalue weighted by molar-refractivity contribution is 0.126. The lowest BCUT2D eigenvalue weighted by Crippen LogP contribution is -2.34. The van der Waals surface area contributed by atoms with E-state index < -0.39 is 9.84 Å². The summed E-state index contributed by atoms with van der Waals surface area (Å²) >= 11 is 0. The second kappa shape index (κ2) is 5.82. The number of rotatable bonds is 6. The normalized spacial score (nSPS) is 27.1. The van der Waals surface area contributed by atoms with Gasteiger partial charge in [-0.2, -0.15) is 0 Å². The van der Waals surface area contributed by atoms with Crippen LogP contribution in [0, 0.1) is 0 Å². The zero-order valence-corrected chi connectivity index (χ0v) is 10.3. The molecule has 0 aromatic rings. The predicted octanol–water partition coefficient (Wildman–Crippen LogP) is 0.578. The van der Waals surface area contributed by atoms with Crippen molar-refractivity contribution in [2.75, 3.05) is 25.4 Å². The van der Waals surface area contributed by atoms with Crippen molar-refractivity contribution in [1.29, 1.82) is 0 Å². The minimum absolute atomic E-state index is 0.138. The van der Waals surface area contributed by atoms with Gasteiger partial charge in [0.1, 0.15) is 0 Å². The Kier molecular flexibility index (Phi) is 5.02. The highest BCUT2D eigenvalue weighted by molar-refractivity contribution is 7.92. The van der Waals surface area contributed by atoms with Gasteiger partial charge in [-0.1, -0.05) is 6.92 Å². The highest BCUT2D eigenvalue weighted by Crippen LogP contribution is 2.21. The van der Waals surface area contributed by atoms with Crippen molar-refractivity contribution >= 4 is 9.84 Å². The van der Waals surface area contributed by atoms with Crippen molar-refractivity contribution in [3.63, 3.8) is 0 Å². The van der Waals surface area contributed by atoms with Crippen LogP contribution in [0.2, 0.25) is 0 Å².